The first-order valence-corrected chi connectivity index (χ1v) is 5.62. The van der Waals surface area contributed by atoms with Crippen LogP contribution < -0.4 is 10.5 Å². The maximum Gasteiger partial charge on any atom is 0.128 e. The first-order valence-electron chi connectivity index (χ1n) is 5.62. The number of ether oxygens (including phenoxy) is 1. The van der Waals surface area contributed by atoms with Crippen LogP contribution in [0.1, 0.15) is 5.56 Å². The Kier molecular flexibility index (Phi) is 3.44. The minimum atomic E-state index is 0.619. The lowest BCUT2D eigenvalue weighted by molar-refractivity contribution is 0.416. The monoisotopic (exact) mass is 231 g/mol. The summed E-state index contributed by atoms with van der Waals surface area (Å²) in [5, 5.41) is 4.49. The summed E-state index contributed by atoms with van der Waals surface area (Å²) >= 11 is 0. The highest BCUT2D eigenvalue weighted by atomic mass is 16.5. The van der Waals surface area contributed by atoms with Gasteiger partial charge >= 0.3 is 0 Å². The molecule has 0 spiro atoms. The van der Waals surface area contributed by atoms with Crippen LogP contribution in [0.5, 0.6) is 5.75 Å². The maximum absolute atomic E-state index is 5.62. The van der Waals surface area contributed by atoms with Crippen LogP contribution in [0.3, 0.4) is 0 Å². The van der Waals surface area contributed by atoms with Crippen LogP contribution in [0, 0.1) is 0 Å². The van der Waals surface area contributed by atoms with Crippen LogP contribution in [0.15, 0.2) is 30.5 Å². The van der Waals surface area contributed by atoms with Gasteiger partial charge < -0.3 is 10.5 Å². The summed E-state index contributed by atoms with van der Waals surface area (Å²) in [6.45, 7) is 0.619. The number of rotatable bonds is 4. The fourth-order valence-corrected chi connectivity index (χ4v) is 1.94. The van der Waals surface area contributed by atoms with E-state index < -0.39 is 0 Å². The van der Waals surface area contributed by atoms with Crippen molar-refractivity contribution in [2.75, 3.05) is 13.7 Å². The molecule has 2 aromatic rings. The van der Waals surface area contributed by atoms with Crippen molar-refractivity contribution in [2.24, 2.45) is 12.8 Å². The van der Waals surface area contributed by atoms with Gasteiger partial charge in [0.1, 0.15) is 5.75 Å². The molecule has 0 unspecified atom stereocenters. The first kappa shape index (κ1) is 11.7. The molecule has 1 heterocycles. The molecule has 0 aliphatic carbocycles. The van der Waals surface area contributed by atoms with Gasteiger partial charge in [-0.2, -0.15) is 5.10 Å². The summed E-state index contributed by atoms with van der Waals surface area (Å²) in [7, 11) is 3.59. The lowest BCUT2D eigenvalue weighted by atomic mass is 10.1. The maximum atomic E-state index is 5.62. The molecule has 1 aromatic carbocycles. The van der Waals surface area contributed by atoms with Gasteiger partial charge in [0.15, 0.2) is 0 Å². The number of hydrogen-bond acceptors (Lipinski definition) is 3. The highest BCUT2D eigenvalue weighted by Crippen LogP contribution is 2.30. The highest BCUT2D eigenvalue weighted by molar-refractivity contribution is 5.69. The Balaban J connectivity index is 2.51. The molecule has 1 aromatic heterocycles. The molecule has 0 atom stereocenters. The Morgan fingerprint density at radius 3 is 2.82 bits per heavy atom. The molecule has 17 heavy (non-hydrogen) atoms. The number of para-hydroxylation sites is 1. The van der Waals surface area contributed by atoms with E-state index in [1.807, 2.05) is 42.2 Å². The second-order valence-corrected chi connectivity index (χ2v) is 3.92. The van der Waals surface area contributed by atoms with Gasteiger partial charge in [-0.05, 0) is 30.7 Å². The predicted molar refractivity (Wildman–Crippen MR) is 68.0 cm³/mol. The molecular formula is C13H17N3O. The van der Waals surface area contributed by atoms with Crippen molar-refractivity contribution >= 4 is 0 Å². The van der Waals surface area contributed by atoms with Gasteiger partial charge in [0.2, 0.25) is 0 Å². The Labute approximate surface area is 101 Å². The van der Waals surface area contributed by atoms with Crippen molar-refractivity contribution in [2.45, 2.75) is 6.42 Å². The number of aromatic nitrogens is 2. The molecule has 0 saturated heterocycles. The molecule has 4 nitrogen and oxygen atoms in total. The Morgan fingerprint density at radius 1 is 1.35 bits per heavy atom. The zero-order valence-electron chi connectivity index (χ0n) is 10.2. The Hall–Kier alpha value is -1.81. The molecule has 0 saturated carbocycles. The van der Waals surface area contributed by atoms with Crippen molar-refractivity contribution in [3.05, 3.63) is 36.0 Å². The molecule has 90 valence electrons. The minimum absolute atomic E-state index is 0.619. The summed E-state index contributed by atoms with van der Waals surface area (Å²) in [6, 6.07) is 7.89. The summed E-state index contributed by atoms with van der Waals surface area (Å²) in [4.78, 5) is 0. The van der Waals surface area contributed by atoms with Crippen molar-refractivity contribution in [3.63, 3.8) is 0 Å². The molecule has 0 fully saturated rings. The van der Waals surface area contributed by atoms with E-state index in [1.54, 1.807) is 7.11 Å². The average molecular weight is 231 g/mol. The van der Waals surface area contributed by atoms with Gasteiger partial charge in [-0.15, -0.1) is 0 Å². The zero-order chi connectivity index (χ0) is 12.3. The zero-order valence-corrected chi connectivity index (χ0v) is 10.2. The van der Waals surface area contributed by atoms with Gasteiger partial charge in [0.05, 0.1) is 12.8 Å². The summed E-state index contributed by atoms with van der Waals surface area (Å²) in [6.07, 6.45) is 2.83. The van der Waals surface area contributed by atoms with Crippen molar-refractivity contribution in [1.82, 2.24) is 9.78 Å². The van der Waals surface area contributed by atoms with Crippen LogP contribution in [-0.4, -0.2) is 23.4 Å². The van der Waals surface area contributed by atoms with E-state index in [9.17, 15) is 0 Å². The molecule has 0 aliphatic rings. The molecule has 2 N–H and O–H groups in total. The van der Waals surface area contributed by atoms with E-state index in [2.05, 4.69) is 5.10 Å². The van der Waals surface area contributed by atoms with Crippen molar-refractivity contribution in [1.29, 1.82) is 0 Å². The van der Waals surface area contributed by atoms with E-state index in [1.165, 1.54) is 0 Å². The second kappa shape index (κ2) is 5.01. The molecule has 2 rings (SSSR count). The SMILES string of the molecule is COc1ccccc1-c1nn(C)cc1CCN. The summed E-state index contributed by atoms with van der Waals surface area (Å²) in [5.41, 5.74) is 8.74. The Morgan fingerprint density at radius 2 is 2.12 bits per heavy atom. The topological polar surface area (TPSA) is 53.1 Å². The summed E-state index contributed by atoms with van der Waals surface area (Å²) in [5.74, 6) is 0.837. The van der Waals surface area contributed by atoms with Gasteiger partial charge in [0.25, 0.3) is 0 Å². The third-order valence-electron chi connectivity index (χ3n) is 2.68. The van der Waals surface area contributed by atoms with E-state index in [-0.39, 0.29) is 0 Å². The normalized spacial score (nSPS) is 10.5. The van der Waals surface area contributed by atoms with Crippen LogP contribution in [0.25, 0.3) is 11.3 Å². The van der Waals surface area contributed by atoms with E-state index in [0.717, 1.165) is 29.0 Å². The molecule has 0 radical (unpaired) electrons. The van der Waals surface area contributed by atoms with E-state index in [4.69, 9.17) is 10.5 Å². The van der Waals surface area contributed by atoms with Crippen LogP contribution in [0.2, 0.25) is 0 Å². The van der Waals surface area contributed by atoms with Crippen LogP contribution in [0.4, 0.5) is 0 Å². The molecule has 4 heteroatoms. The number of aryl methyl sites for hydroxylation is 1. The van der Waals surface area contributed by atoms with Gasteiger partial charge in [-0.25, -0.2) is 0 Å². The third kappa shape index (κ3) is 2.31. The minimum Gasteiger partial charge on any atom is -0.496 e. The average Bonchev–Trinajstić information content (AvgIpc) is 2.71. The molecule has 0 amide bonds. The quantitative estimate of drug-likeness (QED) is 0.869. The lowest BCUT2D eigenvalue weighted by Gasteiger charge is -2.07. The van der Waals surface area contributed by atoms with Gasteiger partial charge in [0, 0.05) is 18.8 Å². The molecule has 0 aliphatic heterocycles. The van der Waals surface area contributed by atoms with Crippen LogP contribution in [-0.2, 0) is 13.5 Å². The predicted octanol–water partition coefficient (Wildman–Crippen LogP) is 1.60. The number of nitrogens with zero attached hydrogens (tertiary/aromatic N) is 2. The van der Waals surface area contributed by atoms with Crippen molar-refractivity contribution in [3.8, 4) is 17.0 Å². The number of nitrogens with two attached hydrogens (primary N) is 1. The lowest BCUT2D eigenvalue weighted by Crippen LogP contribution is -2.03. The Bertz CT molecular complexity index is 505. The van der Waals surface area contributed by atoms with E-state index >= 15 is 0 Å². The highest BCUT2D eigenvalue weighted by Gasteiger charge is 2.13. The van der Waals surface area contributed by atoms with Gasteiger partial charge in [-0.3, -0.25) is 4.68 Å². The number of hydrogen-bond donors (Lipinski definition) is 1. The summed E-state index contributed by atoms with van der Waals surface area (Å²) < 4.78 is 7.17. The standard InChI is InChI=1S/C13H17N3O/c1-16-9-10(7-8-14)13(15-16)11-5-3-4-6-12(11)17-2/h3-6,9H,7-8,14H2,1-2H3. The van der Waals surface area contributed by atoms with Gasteiger partial charge in [-0.1, -0.05) is 12.1 Å². The second-order valence-electron chi connectivity index (χ2n) is 3.92. The fraction of sp³-hybridized carbons (Fsp3) is 0.308. The third-order valence-corrected chi connectivity index (χ3v) is 2.68. The number of methoxy groups -OCH3 is 1. The first-order chi connectivity index (χ1) is 8.26. The molecule has 0 bridgehead atoms. The fourth-order valence-electron chi connectivity index (χ4n) is 1.94. The molecular weight excluding hydrogens is 214 g/mol. The van der Waals surface area contributed by atoms with Crippen molar-refractivity contribution < 1.29 is 4.74 Å². The largest absolute Gasteiger partial charge is 0.496 e. The van der Waals surface area contributed by atoms with Crippen LogP contribution >= 0.6 is 0 Å². The smallest absolute Gasteiger partial charge is 0.128 e. The number of benzene rings is 1. The van der Waals surface area contributed by atoms with E-state index in [0.29, 0.717) is 6.54 Å².